The Balaban J connectivity index is 1.54. The number of aryl methyl sites for hydroxylation is 2. The van der Waals surface area contributed by atoms with E-state index in [9.17, 15) is 20.2 Å². The molecule has 2 aromatic heterocycles. The molecule has 2 aliphatic rings. The molecule has 0 radical (unpaired) electrons. The van der Waals surface area contributed by atoms with Crippen LogP contribution in [0.2, 0.25) is 0 Å². The van der Waals surface area contributed by atoms with Gasteiger partial charge in [0, 0.05) is 24.0 Å². The van der Waals surface area contributed by atoms with Crippen LogP contribution in [0.1, 0.15) is 34.7 Å². The van der Waals surface area contributed by atoms with Gasteiger partial charge in [-0.1, -0.05) is 6.07 Å². The van der Waals surface area contributed by atoms with Gasteiger partial charge >= 0.3 is 0 Å². The van der Waals surface area contributed by atoms with Crippen LogP contribution in [-0.2, 0) is 17.6 Å². The molecule has 0 bridgehead atoms. The molecule has 1 aliphatic heterocycles. The normalized spacial score (nSPS) is 16.5. The van der Waals surface area contributed by atoms with E-state index < -0.39 is 4.92 Å². The maximum Gasteiger partial charge on any atom is 0.293 e. The van der Waals surface area contributed by atoms with Gasteiger partial charge < -0.3 is 14.6 Å². The highest BCUT2D eigenvalue weighted by Gasteiger charge is 2.23. The first-order valence-corrected chi connectivity index (χ1v) is 11.6. The number of thiophene rings is 1. The average Bonchev–Trinajstić information content (AvgIpc) is 3.22. The van der Waals surface area contributed by atoms with Gasteiger partial charge in [0.1, 0.15) is 16.6 Å². The standard InChI is InChI=1S/C23H21N5O4S/c24-13-15(21-25-22(29)20-16-3-1-2-4-19(16)33-23(20)26-21)11-14-5-6-17(18(12-14)28(30)31)27-7-9-32-10-8-27/h5-6,11-12H,1-4,7-10H2,(H,25,26,29). The van der Waals surface area contributed by atoms with Crippen LogP contribution < -0.4 is 10.5 Å². The highest BCUT2D eigenvalue weighted by Crippen LogP contribution is 2.34. The zero-order chi connectivity index (χ0) is 22.9. The van der Waals surface area contributed by atoms with E-state index >= 15 is 0 Å². The second-order valence-corrected chi connectivity index (χ2v) is 9.16. The number of H-pyrrole nitrogens is 1. The topological polar surface area (TPSA) is 125 Å². The summed E-state index contributed by atoms with van der Waals surface area (Å²) in [5.74, 6) is 0.175. The summed E-state index contributed by atoms with van der Waals surface area (Å²) >= 11 is 1.51. The molecule has 3 aromatic rings. The number of fused-ring (bicyclic) bond motifs is 3. The summed E-state index contributed by atoms with van der Waals surface area (Å²) in [6.07, 6.45) is 5.51. The smallest absolute Gasteiger partial charge is 0.293 e. The number of hydrogen-bond acceptors (Lipinski definition) is 8. The van der Waals surface area contributed by atoms with Crippen molar-refractivity contribution < 1.29 is 9.66 Å². The summed E-state index contributed by atoms with van der Waals surface area (Å²) in [5.41, 5.74) is 1.96. The van der Waals surface area contributed by atoms with E-state index in [1.807, 2.05) is 4.90 Å². The van der Waals surface area contributed by atoms with Crippen LogP contribution >= 0.6 is 11.3 Å². The van der Waals surface area contributed by atoms with Crippen molar-refractivity contribution in [2.24, 2.45) is 0 Å². The van der Waals surface area contributed by atoms with Crippen LogP contribution in [0.15, 0.2) is 23.0 Å². The van der Waals surface area contributed by atoms with Gasteiger partial charge in [0.2, 0.25) is 0 Å². The largest absolute Gasteiger partial charge is 0.378 e. The number of morpholine rings is 1. The van der Waals surface area contributed by atoms with Crippen molar-refractivity contribution in [1.29, 1.82) is 5.26 Å². The van der Waals surface area contributed by atoms with Gasteiger partial charge in [-0.2, -0.15) is 5.26 Å². The molecular formula is C23H21N5O4S. The van der Waals surface area contributed by atoms with E-state index in [4.69, 9.17) is 4.74 Å². The monoisotopic (exact) mass is 463 g/mol. The third kappa shape index (κ3) is 4.01. The third-order valence-corrected chi connectivity index (χ3v) is 7.25. The molecule has 1 aromatic carbocycles. The number of ether oxygens (including phenoxy) is 1. The van der Waals surface area contributed by atoms with Crippen molar-refractivity contribution in [1.82, 2.24) is 9.97 Å². The molecule has 1 aliphatic carbocycles. The predicted octanol–water partition coefficient (Wildman–Crippen LogP) is 3.67. The summed E-state index contributed by atoms with van der Waals surface area (Å²) < 4.78 is 5.34. The lowest BCUT2D eigenvalue weighted by atomic mass is 9.97. The fourth-order valence-electron chi connectivity index (χ4n) is 4.46. The number of nitrogens with one attached hydrogen (secondary N) is 1. The van der Waals surface area contributed by atoms with Crippen LogP contribution in [0.4, 0.5) is 11.4 Å². The number of anilines is 1. The third-order valence-electron chi connectivity index (χ3n) is 6.06. The van der Waals surface area contributed by atoms with Crippen LogP contribution in [0.25, 0.3) is 21.9 Å². The molecule has 0 unspecified atom stereocenters. The average molecular weight is 464 g/mol. The molecule has 10 heteroatoms. The lowest BCUT2D eigenvalue weighted by molar-refractivity contribution is -0.384. The molecule has 0 saturated carbocycles. The molecule has 33 heavy (non-hydrogen) atoms. The fraction of sp³-hybridized carbons (Fsp3) is 0.348. The van der Waals surface area contributed by atoms with E-state index in [1.165, 1.54) is 28.4 Å². The fourth-order valence-corrected chi connectivity index (χ4v) is 5.72. The van der Waals surface area contributed by atoms with Gasteiger partial charge in [-0.3, -0.25) is 14.9 Å². The number of benzene rings is 1. The van der Waals surface area contributed by atoms with Crippen molar-refractivity contribution in [3.8, 4) is 6.07 Å². The molecule has 1 saturated heterocycles. The number of allylic oxidation sites excluding steroid dienone is 1. The van der Waals surface area contributed by atoms with Crippen molar-refractivity contribution >= 4 is 44.6 Å². The first-order valence-electron chi connectivity index (χ1n) is 10.8. The van der Waals surface area contributed by atoms with Crippen LogP contribution in [0.3, 0.4) is 0 Å². The number of hydrogen-bond donors (Lipinski definition) is 1. The van der Waals surface area contributed by atoms with Gasteiger partial charge in [-0.15, -0.1) is 11.3 Å². The van der Waals surface area contributed by atoms with Crippen molar-refractivity contribution in [2.45, 2.75) is 25.7 Å². The minimum absolute atomic E-state index is 0.0363. The maximum atomic E-state index is 12.8. The molecule has 168 valence electrons. The Bertz CT molecular complexity index is 1380. The number of aromatic nitrogens is 2. The summed E-state index contributed by atoms with van der Waals surface area (Å²) in [6.45, 7) is 2.20. The number of nitro benzene ring substituents is 1. The summed E-state index contributed by atoms with van der Waals surface area (Å²) in [5, 5.41) is 22.1. The molecule has 5 rings (SSSR count). The Kier molecular flexibility index (Phi) is 5.66. The zero-order valence-corrected chi connectivity index (χ0v) is 18.6. The van der Waals surface area contributed by atoms with Gasteiger partial charge in [-0.25, -0.2) is 4.98 Å². The Labute approximate surface area is 193 Å². The summed E-state index contributed by atoms with van der Waals surface area (Å²) in [7, 11) is 0. The quantitative estimate of drug-likeness (QED) is 0.355. The SMILES string of the molecule is N#CC(=Cc1ccc(N2CCOCC2)c([N+](=O)[O-])c1)c1nc2sc3c(c2c(=O)[nH]1)CCCC3. The van der Waals surface area contributed by atoms with Crippen LogP contribution in [-0.4, -0.2) is 41.2 Å². The maximum absolute atomic E-state index is 12.8. The lowest BCUT2D eigenvalue weighted by Crippen LogP contribution is -2.36. The minimum atomic E-state index is -0.420. The molecule has 0 spiro atoms. The lowest BCUT2D eigenvalue weighted by Gasteiger charge is -2.28. The van der Waals surface area contributed by atoms with Crippen molar-refractivity contribution in [3.63, 3.8) is 0 Å². The number of rotatable bonds is 4. The summed E-state index contributed by atoms with van der Waals surface area (Å²) in [6, 6.07) is 6.95. The Morgan fingerprint density at radius 2 is 2.09 bits per heavy atom. The van der Waals surface area contributed by atoms with E-state index in [2.05, 4.69) is 16.0 Å². The first-order chi connectivity index (χ1) is 16.0. The first kappa shape index (κ1) is 21.3. The second-order valence-electron chi connectivity index (χ2n) is 8.08. The van der Waals surface area contributed by atoms with Gasteiger partial charge in [0.15, 0.2) is 5.82 Å². The van der Waals surface area contributed by atoms with E-state index in [0.717, 1.165) is 31.2 Å². The van der Waals surface area contributed by atoms with Crippen molar-refractivity contribution in [2.75, 3.05) is 31.2 Å². The Morgan fingerprint density at radius 1 is 1.30 bits per heavy atom. The molecule has 0 amide bonds. The Morgan fingerprint density at radius 3 is 2.85 bits per heavy atom. The number of nitro groups is 1. The zero-order valence-electron chi connectivity index (χ0n) is 17.8. The van der Waals surface area contributed by atoms with Gasteiger partial charge in [0.25, 0.3) is 11.2 Å². The van der Waals surface area contributed by atoms with Crippen molar-refractivity contribution in [3.05, 3.63) is 60.5 Å². The number of nitriles is 1. The molecular weight excluding hydrogens is 442 g/mol. The van der Waals surface area contributed by atoms with Gasteiger partial charge in [-0.05, 0) is 49.0 Å². The number of aromatic amines is 1. The second kappa shape index (κ2) is 8.77. The van der Waals surface area contributed by atoms with E-state index in [1.54, 1.807) is 12.1 Å². The van der Waals surface area contributed by atoms with E-state index in [-0.39, 0.29) is 22.6 Å². The molecule has 9 nitrogen and oxygen atoms in total. The van der Waals surface area contributed by atoms with E-state index in [0.29, 0.717) is 47.8 Å². The highest BCUT2D eigenvalue weighted by atomic mass is 32.1. The van der Waals surface area contributed by atoms with Crippen LogP contribution in [0.5, 0.6) is 0 Å². The molecule has 1 N–H and O–H groups in total. The number of nitrogens with zero attached hydrogens (tertiary/aromatic N) is 4. The molecule has 3 heterocycles. The summed E-state index contributed by atoms with van der Waals surface area (Å²) in [4.78, 5) is 35.2. The highest BCUT2D eigenvalue weighted by molar-refractivity contribution is 7.18. The Hall–Kier alpha value is -3.55. The minimum Gasteiger partial charge on any atom is -0.378 e. The predicted molar refractivity (Wildman–Crippen MR) is 126 cm³/mol. The molecule has 0 atom stereocenters. The van der Waals surface area contributed by atoms with Gasteiger partial charge in [0.05, 0.1) is 29.1 Å². The molecule has 1 fully saturated rings. The van der Waals surface area contributed by atoms with Crippen LogP contribution in [0, 0.1) is 21.4 Å².